The number of hydrogen-bond donors (Lipinski definition) is 0. The van der Waals surface area contributed by atoms with Gasteiger partial charge in [-0.15, -0.1) is 0 Å². The van der Waals surface area contributed by atoms with Crippen LogP contribution in [0.1, 0.15) is 15.9 Å². The number of aromatic nitrogens is 3. The van der Waals surface area contributed by atoms with Crippen molar-refractivity contribution in [2.24, 2.45) is 0 Å². The van der Waals surface area contributed by atoms with E-state index in [4.69, 9.17) is 14.5 Å². The molecule has 2 aromatic carbocycles. The molecule has 176 valence electrons. The highest BCUT2D eigenvalue weighted by Crippen LogP contribution is 2.27. The topological polar surface area (TPSA) is 72.7 Å². The van der Waals surface area contributed by atoms with Crippen LogP contribution >= 0.6 is 0 Å². The molecule has 0 aliphatic rings. The monoisotopic (exact) mass is 459 g/mol. The molecule has 8 heteroatoms. The van der Waals surface area contributed by atoms with Gasteiger partial charge in [0, 0.05) is 75.0 Å². The second-order valence-electron chi connectivity index (χ2n) is 8.16. The fraction of sp³-hybridized carbons (Fsp3) is 0.269. The van der Waals surface area contributed by atoms with Crippen molar-refractivity contribution in [1.82, 2.24) is 19.4 Å². The average molecular weight is 460 g/mol. The lowest BCUT2D eigenvalue weighted by molar-refractivity contribution is 0.0680. The summed E-state index contributed by atoms with van der Waals surface area (Å²) in [7, 11) is 7.18. The van der Waals surface area contributed by atoms with Crippen LogP contribution in [0.5, 0.6) is 5.75 Å². The number of hydrogen-bond acceptors (Lipinski definition) is 6. The molecule has 4 rings (SSSR count). The predicted molar refractivity (Wildman–Crippen MR) is 133 cm³/mol. The van der Waals surface area contributed by atoms with Crippen LogP contribution in [0.25, 0.3) is 16.6 Å². The molecular weight excluding hydrogens is 430 g/mol. The van der Waals surface area contributed by atoms with E-state index in [0.29, 0.717) is 25.3 Å². The second kappa shape index (κ2) is 10.4. The first-order valence-electron chi connectivity index (χ1n) is 11.0. The number of amides is 1. The van der Waals surface area contributed by atoms with Gasteiger partial charge < -0.3 is 23.8 Å². The number of methoxy groups -OCH3 is 2. The summed E-state index contributed by atoms with van der Waals surface area (Å²) in [5.74, 6) is 1.51. The lowest BCUT2D eigenvalue weighted by Crippen LogP contribution is -2.34. The highest BCUT2D eigenvalue weighted by molar-refractivity contribution is 5.94. The number of carbonyl (C=O) groups is 1. The van der Waals surface area contributed by atoms with E-state index in [-0.39, 0.29) is 5.91 Å². The Morgan fingerprint density at radius 2 is 1.85 bits per heavy atom. The first-order chi connectivity index (χ1) is 16.5. The van der Waals surface area contributed by atoms with E-state index in [0.717, 1.165) is 33.7 Å². The molecule has 0 N–H and O–H groups in total. The van der Waals surface area contributed by atoms with Crippen molar-refractivity contribution in [2.45, 2.75) is 6.54 Å². The molecule has 2 aromatic heterocycles. The Balaban J connectivity index is 1.65. The zero-order valence-corrected chi connectivity index (χ0v) is 19.9. The molecule has 1 amide bonds. The molecule has 8 nitrogen and oxygen atoms in total. The van der Waals surface area contributed by atoms with Crippen molar-refractivity contribution in [3.8, 4) is 11.4 Å². The van der Waals surface area contributed by atoms with Gasteiger partial charge in [0.15, 0.2) is 0 Å². The number of pyridine rings is 1. The first kappa shape index (κ1) is 23.3. The zero-order valence-electron chi connectivity index (χ0n) is 19.9. The van der Waals surface area contributed by atoms with Crippen molar-refractivity contribution in [3.63, 3.8) is 0 Å². The largest absolute Gasteiger partial charge is 0.497 e. The minimum absolute atomic E-state index is 0.0613. The number of imidazole rings is 1. The van der Waals surface area contributed by atoms with Gasteiger partial charge in [0.25, 0.3) is 5.91 Å². The molecule has 0 spiro atoms. The summed E-state index contributed by atoms with van der Waals surface area (Å²) in [6.07, 6.45) is 5.32. The SMILES string of the molecule is COCCN(Cc1cc2ccc(OC)cc2nc1N(C)C)C(=O)c1ccc(-n2ccnc2)cc1. The molecule has 0 radical (unpaired) electrons. The summed E-state index contributed by atoms with van der Waals surface area (Å²) in [6, 6.07) is 15.4. The van der Waals surface area contributed by atoms with Crippen LogP contribution in [-0.4, -0.2) is 66.8 Å². The van der Waals surface area contributed by atoms with Crippen molar-refractivity contribution in [2.75, 3.05) is 46.4 Å². The Labute approximate surface area is 199 Å². The second-order valence-corrected chi connectivity index (χ2v) is 8.16. The number of benzene rings is 2. The normalized spacial score (nSPS) is 10.9. The number of nitrogens with zero attached hydrogens (tertiary/aromatic N) is 5. The molecule has 34 heavy (non-hydrogen) atoms. The highest BCUT2D eigenvalue weighted by Gasteiger charge is 2.19. The van der Waals surface area contributed by atoms with Crippen LogP contribution in [0.2, 0.25) is 0 Å². The smallest absolute Gasteiger partial charge is 0.254 e. The van der Waals surface area contributed by atoms with E-state index >= 15 is 0 Å². The van der Waals surface area contributed by atoms with Crippen molar-refractivity contribution in [1.29, 1.82) is 0 Å². The molecule has 4 aromatic rings. The van der Waals surface area contributed by atoms with Crippen molar-refractivity contribution >= 4 is 22.6 Å². The number of fused-ring (bicyclic) bond motifs is 1. The standard InChI is InChI=1S/C26H29N5O3/c1-29(2)25-21(15-20-7-10-23(34-4)16-24(20)28-25)17-30(13-14-33-3)26(32)19-5-8-22(9-6-19)31-12-11-27-18-31/h5-12,15-16,18H,13-14,17H2,1-4H3. The highest BCUT2D eigenvalue weighted by atomic mass is 16.5. The van der Waals surface area contributed by atoms with E-state index in [1.807, 2.05) is 72.2 Å². The fourth-order valence-corrected chi connectivity index (χ4v) is 3.84. The lowest BCUT2D eigenvalue weighted by Gasteiger charge is -2.25. The zero-order chi connectivity index (χ0) is 24.1. The van der Waals surface area contributed by atoms with Gasteiger partial charge in [-0.2, -0.15) is 0 Å². The summed E-state index contributed by atoms with van der Waals surface area (Å²) < 4.78 is 12.5. The van der Waals surface area contributed by atoms with E-state index in [1.165, 1.54) is 0 Å². The molecule has 0 aliphatic heterocycles. The average Bonchev–Trinajstić information content (AvgIpc) is 3.40. The number of anilines is 1. The molecule has 0 saturated carbocycles. The van der Waals surface area contributed by atoms with E-state index in [2.05, 4.69) is 11.1 Å². The summed E-state index contributed by atoms with van der Waals surface area (Å²) in [5.41, 5.74) is 3.37. The number of rotatable bonds is 9. The maximum Gasteiger partial charge on any atom is 0.254 e. The van der Waals surface area contributed by atoms with Crippen LogP contribution in [0, 0.1) is 0 Å². The Kier molecular flexibility index (Phi) is 7.08. The van der Waals surface area contributed by atoms with Gasteiger partial charge in [-0.3, -0.25) is 4.79 Å². The van der Waals surface area contributed by atoms with Crippen LogP contribution in [-0.2, 0) is 11.3 Å². The van der Waals surface area contributed by atoms with Crippen molar-refractivity contribution < 1.29 is 14.3 Å². The fourth-order valence-electron chi connectivity index (χ4n) is 3.84. The lowest BCUT2D eigenvalue weighted by atomic mass is 10.1. The van der Waals surface area contributed by atoms with Crippen LogP contribution in [0.15, 0.2) is 67.3 Å². The van der Waals surface area contributed by atoms with Gasteiger partial charge in [0.1, 0.15) is 11.6 Å². The Morgan fingerprint density at radius 3 is 2.50 bits per heavy atom. The molecule has 0 atom stereocenters. The van der Waals surface area contributed by atoms with E-state index < -0.39 is 0 Å². The number of carbonyl (C=O) groups excluding carboxylic acids is 1. The van der Waals surface area contributed by atoms with Gasteiger partial charge in [-0.05, 0) is 42.5 Å². The van der Waals surface area contributed by atoms with Crippen LogP contribution in [0.3, 0.4) is 0 Å². The quantitative estimate of drug-likeness (QED) is 0.379. The first-order valence-corrected chi connectivity index (χ1v) is 11.0. The third-order valence-electron chi connectivity index (χ3n) is 5.64. The van der Waals surface area contributed by atoms with Gasteiger partial charge >= 0.3 is 0 Å². The van der Waals surface area contributed by atoms with Gasteiger partial charge in [0.05, 0.1) is 25.6 Å². The molecular formula is C26H29N5O3. The molecule has 0 saturated heterocycles. The molecule has 0 aliphatic carbocycles. The van der Waals surface area contributed by atoms with Gasteiger partial charge in [-0.1, -0.05) is 0 Å². The molecule has 2 heterocycles. The van der Waals surface area contributed by atoms with E-state index in [9.17, 15) is 4.79 Å². The Hall–Kier alpha value is -3.91. The Morgan fingerprint density at radius 1 is 1.06 bits per heavy atom. The summed E-state index contributed by atoms with van der Waals surface area (Å²) in [6.45, 7) is 1.31. The van der Waals surface area contributed by atoms with Gasteiger partial charge in [0.2, 0.25) is 0 Å². The third kappa shape index (κ3) is 5.02. The molecule has 0 bridgehead atoms. The third-order valence-corrected chi connectivity index (χ3v) is 5.64. The minimum Gasteiger partial charge on any atom is -0.497 e. The molecule has 0 unspecified atom stereocenters. The van der Waals surface area contributed by atoms with E-state index in [1.54, 1.807) is 31.6 Å². The summed E-state index contributed by atoms with van der Waals surface area (Å²) in [5, 5.41) is 0.991. The maximum absolute atomic E-state index is 13.5. The summed E-state index contributed by atoms with van der Waals surface area (Å²) in [4.78, 5) is 26.2. The van der Waals surface area contributed by atoms with Crippen LogP contribution < -0.4 is 9.64 Å². The van der Waals surface area contributed by atoms with Gasteiger partial charge in [-0.25, -0.2) is 9.97 Å². The predicted octanol–water partition coefficient (Wildman–Crippen LogP) is 3.78. The van der Waals surface area contributed by atoms with Crippen molar-refractivity contribution in [3.05, 3.63) is 78.4 Å². The summed E-state index contributed by atoms with van der Waals surface area (Å²) >= 11 is 0. The molecule has 0 fully saturated rings. The number of ether oxygens (including phenoxy) is 2. The maximum atomic E-state index is 13.5. The van der Waals surface area contributed by atoms with Crippen LogP contribution in [0.4, 0.5) is 5.82 Å². The minimum atomic E-state index is -0.0613. The Bertz CT molecular complexity index is 1250.